The van der Waals surface area contributed by atoms with E-state index in [0.717, 1.165) is 13.1 Å². The van der Waals surface area contributed by atoms with Crippen molar-refractivity contribution in [3.05, 3.63) is 30.1 Å². The van der Waals surface area contributed by atoms with Gasteiger partial charge in [0.25, 0.3) is 0 Å². The Bertz CT molecular complexity index is 720. The molecule has 0 spiro atoms. The van der Waals surface area contributed by atoms with Crippen molar-refractivity contribution in [2.75, 3.05) is 64.3 Å². The second-order valence-corrected chi connectivity index (χ2v) is 7.91. The van der Waals surface area contributed by atoms with E-state index < -0.39 is 5.41 Å². The van der Waals surface area contributed by atoms with Crippen LogP contribution < -0.4 is 4.90 Å². The van der Waals surface area contributed by atoms with Crippen LogP contribution in [-0.4, -0.2) is 85.9 Å². The van der Waals surface area contributed by atoms with E-state index in [-0.39, 0.29) is 17.6 Å². The van der Waals surface area contributed by atoms with E-state index in [1.165, 1.54) is 6.07 Å². The number of nitrogens with zero attached hydrogens (tertiary/aromatic N) is 4. The molecule has 0 bridgehead atoms. The van der Waals surface area contributed by atoms with E-state index in [0.29, 0.717) is 57.8 Å². The maximum Gasteiger partial charge on any atom is 0.238 e. The summed E-state index contributed by atoms with van der Waals surface area (Å²) in [5.41, 5.74) is -0.241. The molecule has 1 aliphatic carbocycles. The largest absolute Gasteiger partial charge is 0.366 e. The fraction of sp³-hybridized carbons (Fsp3) is 0.600. The number of piperazine rings is 2. The summed E-state index contributed by atoms with van der Waals surface area (Å²) in [6, 6.07) is 6.73. The molecule has 0 N–H and O–H groups in total. The van der Waals surface area contributed by atoms with Crippen LogP contribution in [-0.2, 0) is 9.59 Å². The van der Waals surface area contributed by atoms with Gasteiger partial charge in [0.15, 0.2) is 0 Å². The molecule has 0 unspecified atom stereocenters. The van der Waals surface area contributed by atoms with Gasteiger partial charge in [-0.2, -0.15) is 0 Å². The highest BCUT2D eigenvalue weighted by Gasteiger charge is 2.59. The Kier molecular flexibility index (Phi) is 4.80. The fourth-order valence-electron chi connectivity index (χ4n) is 4.12. The highest BCUT2D eigenvalue weighted by molar-refractivity contribution is 6.08. The second-order valence-electron chi connectivity index (χ2n) is 7.91. The zero-order valence-electron chi connectivity index (χ0n) is 15.9. The molecule has 2 saturated heterocycles. The molecule has 0 aromatic heterocycles. The third-order valence-corrected chi connectivity index (χ3v) is 6.12. The summed E-state index contributed by atoms with van der Waals surface area (Å²) in [6.07, 6.45) is 1.31. The van der Waals surface area contributed by atoms with Crippen molar-refractivity contribution in [1.82, 2.24) is 14.7 Å². The molecule has 1 aromatic rings. The number of carbonyl (C=O) groups excluding carboxylic acids is 2. The number of hydrogen-bond acceptors (Lipinski definition) is 4. The minimum Gasteiger partial charge on any atom is -0.366 e. The number of anilines is 1. The lowest BCUT2D eigenvalue weighted by Crippen LogP contribution is -2.56. The van der Waals surface area contributed by atoms with Crippen LogP contribution in [0.4, 0.5) is 10.1 Å². The Hall–Kier alpha value is -2.15. The standard InChI is InChI=1S/C20H27FN4O2/c1-22-8-10-24(11-9-22)18(26)20(6-7-20)19(27)25-14-12-23(13-15-25)17-5-3-2-4-16(17)21/h2-5H,6-15H2,1H3. The quantitative estimate of drug-likeness (QED) is 0.742. The Morgan fingerprint density at radius 2 is 1.37 bits per heavy atom. The number of hydrogen-bond donors (Lipinski definition) is 0. The predicted molar refractivity (Wildman–Crippen MR) is 101 cm³/mol. The van der Waals surface area contributed by atoms with E-state index in [4.69, 9.17) is 0 Å². The lowest BCUT2D eigenvalue weighted by molar-refractivity contribution is -0.150. The van der Waals surface area contributed by atoms with Gasteiger partial charge in [0, 0.05) is 52.4 Å². The molecule has 2 aliphatic heterocycles. The lowest BCUT2D eigenvalue weighted by Gasteiger charge is -2.39. The van der Waals surface area contributed by atoms with Crippen molar-refractivity contribution in [1.29, 1.82) is 0 Å². The van der Waals surface area contributed by atoms with Gasteiger partial charge in [-0.3, -0.25) is 9.59 Å². The highest BCUT2D eigenvalue weighted by Crippen LogP contribution is 2.49. The molecule has 2 heterocycles. The van der Waals surface area contributed by atoms with Crippen molar-refractivity contribution >= 4 is 17.5 Å². The van der Waals surface area contributed by atoms with E-state index >= 15 is 0 Å². The van der Waals surface area contributed by atoms with E-state index in [1.807, 2.05) is 15.9 Å². The number of carbonyl (C=O) groups is 2. The summed E-state index contributed by atoms with van der Waals surface area (Å²) in [5.74, 6) is -0.252. The Morgan fingerprint density at radius 3 is 1.89 bits per heavy atom. The third-order valence-electron chi connectivity index (χ3n) is 6.12. The minimum absolute atomic E-state index is 0.0112. The van der Waals surface area contributed by atoms with Gasteiger partial charge in [-0.05, 0) is 32.0 Å². The molecule has 4 rings (SSSR count). The smallest absolute Gasteiger partial charge is 0.238 e. The fourth-order valence-corrected chi connectivity index (χ4v) is 4.12. The summed E-state index contributed by atoms with van der Waals surface area (Å²) in [7, 11) is 2.05. The first kappa shape index (κ1) is 18.2. The average Bonchev–Trinajstić information content (AvgIpc) is 3.50. The lowest BCUT2D eigenvalue weighted by atomic mass is 10.0. The molecular weight excluding hydrogens is 347 g/mol. The summed E-state index contributed by atoms with van der Waals surface area (Å²) in [4.78, 5) is 34.0. The van der Waals surface area contributed by atoms with Crippen LogP contribution in [0.5, 0.6) is 0 Å². The number of para-hydroxylation sites is 1. The zero-order valence-corrected chi connectivity index (χ0v) is 15.9. The van der Waals surface area contributed by atoms with Crippen LogP contribution in [0.15, 0.2) is 24.3 Å². The molecular formula is C20H27FN4O2. The number of amides is 2. The molecule has 0 atom stereocenters. The minimum atomic E-state index is -0.823. The van der Waals surface area contributed by atoms with Gasteiger partial charge in [0.2, 0.25) is 11.8 Å². The maximum absolute atomic E-state index is 14.0. The summed E-state index contributed by atoms with van der Waals surface area (Å²) >= 11 is 0. The van der Waals surface area contributed by atoms with Gasteiger partial charge in [-0.1, -0.05) is 12.1 Å². The molecule has 7 heteroatoms. The maximum atomic E-state index is 14.0. The van der Waals surface area contributed by atoms with Gasteiger partial charge in [0.05, 0.1) is 5.69 Å². The Morgan fingerprint density at radius 1 is 0.852 bits per heavy atom. The first-order valence-corrected chi connectivity index (χ1v) is 9.78. The topological polar surface area (TPSA) is 47.1 Å². The summed E-state index contributed by atoms with van der Waals surface area (Å²) in [5, 5.41) is 0. The van der Waals surface area contributed by atoms with Crippen molar-refractivity contribution < 1.29 is 14.0 Å². The molecule has 1 aromatic carbocycles. The summed E-state index contributed by atoms with van der Waals surface area (Å²) in [6.45, 7) is 5.36. The average molecular weight is 374 g/mol. The number of rotatable bonds is 3. The van der Waals surface area contributed by atoms with E-state index in [1.54, 1.807) is 17.0 Å². The van der Waals surface area contributed by atoms with E-state index in [2.05, 4.69) is 11.9 Å². The molecule has 146 valence electrons. The number of likely N-dealkylation sites (N-methyl/N-ethyl adjacent to an activating group) is 1. The molecule has 1 saturated carbocycles. The molecule has 3 aliphatic rings. The second kappa shape index (κ2) is 7.11. The summed E-state index contributed by atoms with van der Waals surface area (Å²) < 4.78 is 14.0. The van der Waals surface area contributed by atoms with Crippen molar-refractivity contribution in [3.8, 4) is 0 Å². The SMILES string of the molecule is CN1CCN(C(=O)C2(C(=O)N3CCN(c4ccccc4F)CC3)CC2)CC1. The van der Waals surface area contributed by atoms with Crippen LogP contribution in [0, 0.1) is 11.2 Å². The van der Waals surface area contributed by atoms with E-state index in [9.17, 15) is 14.0 Å². The van der Waals surface area contributed by atoms with Crippen molar-refractivity contribution in [2.24, 2.45) is 5.41 Å². The van der Waals surface area contributed by atoms with Gasteiger partial charge < -0.3 is 19.6 Å². The van der Waals surface area contributed by atoms with Gasteiger partial charge in [-0.25, -0.2) is 4.39 Å². The number of benzene rings is 1. The molecule has 6 nitrogen and oxygen atoms in total. The Balaban J connectivity index is 1.38. The number of halogens is 1. The monoisotopic (exact) mass is 374 g/mol. The van der Waals surface area contributed by atoms with Gasteiger partial charge in [-0.15, -0.1) is 0 Å². The van der Waals surface area contributed by atoms with Gasteiger partial charge >= 0.3 is 0 Å². The predicted octanol–water partition coefficient (Wildman–Crippen LogP) is 1.03. The van der Waals surface area contributed by atoms with Crippen molar-refractivity contribution in [3.63, 3.8) is 0 Å². The van der Waals surface area contributed by atoms with Gasteiger partial charge in [0.1, 0.15) is 11.2 Å². The Labute approximate surface area is 159 Å². The highest BCUT2D eigenvalue weighted by atomic mass is 19.1. The van der Waals surface area contributed by atoms with Crippen LogP contribution >= 0.6 is 0 Å². The molecule has 27 heavy (non-hydrogen) atoms. The third kappa shape index (κ3) is 3.40. The first-order valence-electron chi connectivity index (χ1n) is 9.78. The van der Waals surface area contributed by atoms with Crippen LogP contribution in [0.1, 0.15) is 12.8 Å². The van der Waals surface area contributed by atoms with Crippen LogP contribution in [0.3, 0.4) is 0 Å². The normalized spacial score (nSPS) is 22.7. The zero-order chi connectivity index (χ0) is 19.0. The molecule has 0 radical (unpaired) electrons. The van der Waals surface area contributed by atoms with Crippen LogP contribution in [0.25, 0.3) is 0 Å². The van der Waals surface area contributed by atoms with Crippen molar-refractivity contribution in [2.45, 2.75) is 12.8 Å². The van der Waals surface area contributed by atoms with Crippen LogP contribution in [0.2, 0.25) is 0 Å². The first-order chi connectivity index (χ1) is 13.0. The molecule has 2 amide bonds. The molecule has 3 fully saturated rings.